The van der Waals surface area contributed by atoms with Crippen molar-refractivity contribution in [1.82, 2.24) is 9.55 Å². The lowest BCUT2D eigenvalue weighted by atomic mass is 10.00. The van der Waals surface area contributed by atoms with Gasteiger partial charge in [0.2, 0.25) is 0 Å². The van der Waals surface area contributed by atoms with Crippen molar-refractivity contribution in [3.63, 3.8) is 0 Å². The van der Waals surface area contributed by atoms with E-state index in [0.717, 1.165) is 19.4 Å². The summed E-state index contributed by atoms with van der Waals surface area (Å²) in [5.41, 5.74) is 5.22. The molecular weight excluding hydrogens is 260 g/mol. The minimum absolute atomic E-state index is 0.188. The first-order valence-electron chi connectivity index (χ1n) is 7.06. The van der Waals surface area contributed by atoms with Gasteiger partial charge in [0, 0.05) is 25.6 Å². The van der Waals surface area contributed by atoms with E-state index in [0.29, 0.717) is 19.0 Å². The summed E-state index contributed by atoms with van der Waals surface area (Å²) in [5, 5.41) is 3.08. The van der Waals surface area contributed by atoms with Crippen LogP contribution in [0.1, 0.15) is 26.7 Å². The third kappa shape index (κ3) is 2.72. The zero-order valence-corrected chi connectivity index (χ0v) is 11.9. The molecule has 2 unspecified atom stereocenters. The van der Waals surface area contributed by atoms with Crippen LogP contribution in [0.25, 0.3) is 0 Å². The summed E-state index contributed by atoms with van der Waals surface area (Å²) in [4.78, 5) is 25.7. The van der Waals surface area contributed by atoms with Gasteiger partial charge in [0.15, 0.2) is 0 Å². The second-order valence-corrected chi connectivity index (χ2v) is 5.01. The van der Waals surface area contributed by atoms with Crippen molar-refractivity contribution in [2.45, 2.75) is 39.3 Å². The Bertz CT molecular complexity index is 578. The number of H-pyrrole nitrogens is 1. The molecule has 7 heteroatoms. The van der Waals surface area contributed by atoms with Crippen molar-refractivity contribution in [3.8, 4) is 0 Å². The zero-order chi connectivity index (χ0) is 14.7. The SMILES string of the molecule is CCC1OCCC1CNc1c(N)n(CC)c(=O)[nH]c1=O. The van der Waals surface area contributed by atoms with Gasteiger partial charge in [-0.1, -0.05) is 6.92 Å². The standard InChI is InChI=1S/C13H22N4O3/c1-3-9-8(5-6-20-9)7-15-10-11(14)17(4-2)13(19)16-12(10)18/h8-9,15H,3-7,14H2,1-2H3,(H,16,18,19). The van der Waals surface area contributed by atoms with E-state index in [2.05, 4.69) is 17.2 Å². The van der Waals surface area contributed by atoms with Crippen LogP contribution in [-0.2, 0) is 11.3 Å². The first-order chi connectivity index (χ1) is 9.58. The van der Waals surface area contributed by atoms with E-state index >= 15 is 0 Å². The highest BCUT2D eigenvalue weighted by atomic mass is 16.5. The van der Waals surface area contributed by atoms with Crippen molar-refractivity contribution in [2.75, 3.05) is 24.2 Å². The quantitative estimate of drug-likeness (QED) is 0.724. The van der Waals surface area contributed by atoms with Crippen LogP contribution in [0.3, 0.4) is 0 Å². The summed E-state index contributed by atoms with van der Waals surface area (Å²) < 4.78 is 6.95. The predicted molar refractivity (Wildman–Crippen MR) is 78.0 cm³/mol. The average Bonchev–Trinajstić information content (AvgIpc) is 2.86. The zero-order valence-electron chi connectivity index (χ0n) is 11.9. The van der Waals surface area contributed by atoms with E-state index in [9.17, 15) is 9.59 Å². The third-order valence-electron chi connectivity index (χ3n) is 3.85. The van der Waals surface area contributed by atoms with Gasteiger partial charge in [-0.25, -0.2) is 4.79 Å². The van der Waals surface area contributed by atoms with Gasteiger partial charge in [-0.05, 0) is 19.8 Å². The molecule has 2 heterocycles. The number of rotatable bonds is 5. The smallest absolute Gasteiger partial charge is 0.330 e. The summed E-state index contributed by atoms with van der Waals surface area (Å²) in [7, 11) is 0. The van der Waals surface area contributed by atoms with Crippen LogP contribution in [0.2, 0.25) is 0 Å². The second-order valence-electron chi connectivity index (χ2n) is 5.01. The van der Waals surface area contributed by atoms with Crippen LogP contribution in [0.4, 0.5) is 11.5 Å². The molecule has 4 N–H and O–H groups in total. The molecule has 2 rings (SSSR count). The fourth-order valence-electron chi connectivity index (χ4n) is 2.68. The average molecular weight is 282 g/mol. The molecule has 1 fully saturated rings. The number of nitrogens with one attached hydrogen (secondary N) is 2. The Kier molecular flexibility index (Phi) is 4.49. The van der Waals surface area contributed by atoms with Gasteiger partial charge in [0.25, 0.3) is 5.56 Å². The Morgan fingerprint density at radius 1 is 1.45 bits per heavy atom. The minimum atomic E-state index is -0.476. The van der Waals surface area contributed by atoms with Gasteiger partial charge >= 0.3 is 5.69 Å². The maximum Gasteiger partial charge on any atom is 0.330 e. The van der Waals surface area contributed by atoms with Crippen molar-refractivity contribution >= 4 is 11.5 Å². The number of aromatic nitrogens is 2. The van der Waals surface area contributed by atoms with E-state index in [1.807, 2.05) is 0 Å². The number of anilines is 2. The second kappa shape index (κ2) is 6.13. The topological polar surface area (TPSA) is 102 Å². The molecule has 20 heavy (non-hydrogen) atoms. The molecule has 1 aromatic rings. The molecule has 0 aromatic carbocycles. The summed E-state index contributed by atoms with van der Waals surface area (Å²) >= 11 is 0. The minimum Gasteiger partial charge on any atom is -0.383 e. The van der Waals surface area contributed by atoms with Crippen LogP contribution in [0.5, 0.6) is 0 Å². The number of hydrogen-bond donors (Lipinski definition) is 3. The molecule has 1 aliphatic rings. The molecule has 0 aliphatic carbocycles. The van der Waals surface area contributed by atoms with Crippen molar-refractivity contribution in [1.29, 1.82) is 0 Å². The van der Waals surface area contributed by atoms with Gasteiger partial charge in [-0.3, -0.25) is 14.3 Å². The predicted octanol–water partition coefficient (Wildman–Crippen LogP) is 0.366. The number of ether oxygens (including phenoxy) is 1. The Morgan fingerprint density at radius 3 is 2.85 bits per heavy atom. The van der Waals surface area contributed by atoms with Crippen LogP contribution >= 0.6 is 0 Å². The highest BCUT2D eigenvalue weighted by Crippen LogP contribution is 2.24. The highest BCUT2D eigenvalue weighted by molar-refractivity contribution is 5.60. The number of hydrogen-bond acceptors (Lipinski definition) is 5. The van der Waals surface area contributed by atoms with Gasteiger partial charge in [-0.2, -0.15) is 0 Å². The Hall–Kier alpha value is -1.76. The van der Waals surface area contributed by atoms with Crippen LogP contribution in [-0.4, -0.2) is 28.8 Å². The molecule has 112 valence electrons. The summed E-state index contributed by atoms with van der Waals surface area (Å²) in [6.45, 7) is 5.68. The molecule has 0 saturated carbocycles. The Morgan fingerprint density at radius 2 is 2.20 bits per heavy atom. The Labute approximate surface area is 117 Å². The maximum absolute atomic E-state index is 11.8. The van der Waals surface area contributed by atoms with Gasteiger partial charge < -0.3 is 15.8 Å². The van der Waals surface area contributed by atoms with Crippen LogP contribution in [0.15, 0.2) is 9.59 Å². The molecule has 0 amide bonds. The van der Waals surface area contributed by atoms with E-state index in [1.54, 1.807) is 6.92 Å². The molecule has 0 radical (unpaired) electrons. The monoisotopic (exact) mass is 282 g/mol. The van der Waals surface area contributed by atoms with E-state index < -0.39 is 11.2 Å². The fourth-order valence-corrected chi connectivity index (χ4v) is 2.68. The first kappa shape index (κ1) is 14.6. The first-order valence-corrected chi connectivity index (χ1v) is 7.06. The van der Waals surface area contributed by atoms with E-state index in [4.69, 9.17) is 10.5 Å². The molecule has 1 saturated heterocycles. The highest BCUT2D eigenvalue weighted by Gasteiger charge is 2.26. The van der Waals surface area contributed by atoms with Crippen molar-refractivity contribution in [2.24, 2.45) is 5.92 Å². The maximum atomic E-state index is 11.8. The lowest BCUT2D eigenvalue weighted by Crippen LogP contribution is -2.35. The van der Waals surface area contributed by atoms with Crippen molar-refractivity contribution < 1.29 is 4.74 Å². The number of nitrogen functional groups attached to an aromatic ring is 1. The number of aromatic amines is 1. The van der Waals surface area contributed by atoms with Gasteiger partial charge in [0.1, 0.15) is 11.5 Å². The van der Waals surface area contributed by atoms with Gasteiger partial charge in [0.05, 0.1) is 6.10 Å². The van der Waals surface area contributed by atoms with Crippen molar-refractivity contribution in [3.05, 3.63) is 20.8 Å². The van der Waals surface area contributed by atoms with Crippen LogP contribution < -0.4 is 22.3 Å². The molecule has 0 bridgehead atoms. The molecule has 2 atom stereocenters. The lowest BCUT2D eigenvalue weighted by molar-refractivity contribution is 0.0900. The number of nitrogens with two attached hydrogens (primary N) is 1. The molecule has 1 aliphatic heterocycles. The molecule has 0 spiro atoms. The number of nitrogens with zero attached hydrogens (tertiary/aromatic N) is 1. The summed E-state index contributed by atoms with van der Waals surface area (Å²) in [6, 6.07) is 0. The van der Waals surface area contributed by atoms with Crippen LogP contribution in [0, 0.1) is 5.92 Å². The summed E-state index contributed by atoms with van der Waals surface area (Å²) in [6.07, 6.45) is 2.14. The molecule has 7 nitrogen and oxygen atoms in total. The third-order valence-corrected chi connectivity index (χ3v) is 3.85. The lowest BCUT2D eigenvalue weighted by Gasteiger charge is -2.19. The normalized spacial score (nSPS) is 22.1. The Balaban J connectivity index is 2.18. The van der Waals surface area contributed by atoms with E-state index in [1.165, 1.54) is 4.57 Å². The largest absolute Gasteiger partial charge is 0.383 e. The fraction of sp³-hybridized carbons (Fsp3) is 0.692. The van der Waals surface area contributed by atoms with Gasteiger partial charge in [-0.15, -0.1) is 0 Å². The van der Waals surface area contributed by atoms with E-state index in [-0.39, 0.29) is 17.6 Å². The molecular formula is C13H22N4O3. The summed E-state index contributed by atoms with van der Waals surface area (Å²) in [5.74, 6) is 0.550. The molecule has 1 aromatic heterocycles.